The van der Waals surface area contributed by atoms with Gasteiger partial charge in [0.1, 0.15) is 65.6 Å². The number of aldehydes is 1. The third-order valence-electron chi connectivity index (χ3n) is 11.1. The van der Waals surface area contributed by atoms with Crippen molar-refractivity contribution in [2.45, 2.75) is 152 Å². The largest absolute Gasteiger partial charge is 0.382 e. The maximum atomic E-state index is 9.17. The zero-order chi connectivity index (χ0) is 38.9. The lowest BCUT2D eigenvalue weighted by Crippen LogP contribution is -2.60. The van der Waals surface area contributed by atoms with E-state index in [2.05, 4.69) is 42.1 Å². The lowest BCUT2D eigenvalue weighted by atomic mass is 9.72. The van der Waals surface area contributed by atoms with Crippen LogP contribution in [0.3, 0.4) is 0 Å². The summed E-state index contributed by atoms with van der Waals surface area (Å²) >= 11 is 0. The van der Waals surface area contributed by atoms with E-state index in [0.29, 0.717) is 46.4 Å². The van der Waals surface area contributed by atoms with E-state index in [1.807, 2.05) is 43.8 Å². The van der Waals surface area contributed by atoms with Gasteiger partial charge in [0.2, 0.25) is 0 Å². The molecule has 4 aliphatic heterocycles. The second-order valence-electron chi connectivity index (χ2n) is 16.2. The molecule has 6 fully saturated rings. The summed E-state index contributed by atoms with van der Waals surface area (Å²) in [5.74, 6) is -0.595. The number of hydrogen-bond acceptors (Lipinski definition) is 17. The van der Waals surface area contributed by atoms with Crippen molar-refractivity contribution >= 4 is 40.2 Å². The summed E-state index contributed by atoms with van der Waals surface area (Å²) in [5.41, 5.74) is 19.5. The topological polar surface area (TPSA) is 250 Å². The van der Waals surface area contributed by atoms with E-state index in [0.717, 1.165) is 44.9 Å². The number of nitrogens with one attached hydrogen (secondary N) is 1. The molecule has 0 amide bonds. The first kappa shape index (κ1) is 37.9. The predicted octanol–water partition coefficient (Wildman–Crippen LogP) is 2.27. The number of ether oxygens (including phenoxy) is 6. The van der Waals surface area contributed by atoms with Gasteiger partial charge in [-0.05, 0) is 66.3 Å². The molecular weight excluding hydrogens is 712 g/mol. The summed E-state index contributed by atoms with van der Waals surface area (Å²) in [7, 11) is 0. The molecule has 19 heteroatoms. The average Bonchev–Trinajstić information content (AvgIpc) is 3.95. The smallest absolute Gasteiger partial charge is 0.167 e. The molecule has 2 spiro atoms. The molecule has 2 aliphatic carbocycles. The molecule has 298 valence electrons. The highest BCUT2D eigenvalue weighted by atomic mass is 16.8. The SMILES string of the molecule is CC1(C)O[C@H]2[C@H](n3cnc4c(N)ncnc43)OC3(CC(N)C3)[C@H]2O1.CCC=O.CCCNC1CC2(C1)O[C@@H](n1cnc3c(N)ncnc31)[C@@H]1OC(C)(C)O[C@@H]12. The Morgan fingerprint density at radius 3 is 1.60 bits per heavy atom. The molecule has 8 heterocycles. The Labute approximate surface area is 318 Å². The van der Waals surface area contributed by atoms with Crippen LogP contribution in [0.25, 0.3) is 22.3 Å². The lowest BCUT2D eigenvalue weighted by molar-refractivity contribution is -0.239. The van der Waals surface area contributed by atoms with E-state index in [4.69, 9.17) is 45.6 Å². The molecule has 6 atom stereocenters. The van der Waals surface area contributed by atoms with Gasteiger partial charge < -0.3 is 55.7 Å². The maximum absolute atomic E-state index is 9.17. The number of nitrogen functional groups attached to an aromatic ring is 2. The molecule has 2 saturated carbocycles. The van der Waals surface area contributed by atoms with E-state index in [1.165, 1.54) is 12.7 Å². The van der Waals surface area contributed by atoms with Gasteiger partial charge in [-0.2, -0.15) is 0 Å². The van der Waals surface area contributed by atoms with Gasteiger partial charge in [-0.15, -0.1) is 0 Å². The second-order valence-corrected chi connectivity index (χ2v) is 16.2. The van der Waals surface area contributed by atoms with Crippen molar-refractivity contribution in [3.05, 3.63) is 25.3 Å². The minimum absolute atomic E-state index is 0.117. The summed E-state index contributed by atoms with van der Waals surface area (Å²) in [5, 5.41) is 3.57. The number of fused-ring (bicyclic) bond motifs is 6. The van der Waals surface area contributed by atoms with E-state index in [1.54, 1.807) is 12.7 Å². The number of anilines is 2. The Bertz CT molecular complexity index is 2030. The number of carbonyl (C=O) groups is 1. The maximum Gasteiger partial charge on any atom is 0.167 e. The van der Waals surface area contributed by atoms with Crippen molar-refractivity contribution in [3.63, 3.8) is 0 Å². The first-order valence-electron chi connectivity index (χ1n) is 19.1. The molecule has 7 N–H and O–H groups in total. The minimum atomic E-state index is -0.658. The van der Waals surface area contributed by atoms with Crippen LogP contribution >= 0.6 is 0 Å². The number of nitrogens with zero attached hydrogens (tertiary/aromatic N) is 8. The third kappa shape index (κ3) is 6.53. The highest BCUT2D eigenvalue weighted by Gasteiger charge is 2.68. The van der Waals surface area contributed by atoms with Crippen molar-refractivity contribution in [1.29, 1.82) is 0 Å². The first-order valence-corrected chi connectivity index (χ1v) is 19.1. The molecule has 55 heavy (non-hydrogen) atoms. The van der Waals surface area contributed by atoms with Crippen LogP contribution in [-0.4, -0.2) is 111 Å². The molecule has 0 aromatic carbocycles. The number of imidazole rings is 2. The van der Waals surface area contributed by atoms with Crippen LogP contribution in [0.1, 0.15) is 92.5 Å². The highest BCUT2D eigenvalue weighted by Crippen LogP contribution is 2.57. The van der Waals surface area contributed by atoms with Gasteiger partial charge in [-0.1, -0.05) is 13.8 Å². The summed E-state index contributed by atoms with van der Waals surface area (Å²) in [6.45, 7) is 12.7. The number of rotatable bonds is 6. The number of aromatic nitrogens is 8. The first-order chi connectivity index (χ1) is 26.2. The number of nitrogens with two attached hydrogens (primary N) is 3. The van der Waals surface area contributed by atoms with E-state index in [-0.39, 0.29) is 48.5 Å². The predicted molar refractivity (Wildman–Crippen MR) is 198 cm³/mol. The molecule has 4 aromatic rings. The van der Waals surface area contributed by atoms with Crippen molar-refractivity contribution in [2.75, 3.05) is 18.0 Å². The highest BCUT2D eigenvalue weighted by molar-refractivity contribution is 5.81. The van der Waals surface area contributed by atoms with Crippen LogP contribution in [-0.2, 0) is 33.2 Å². The van der Waals surface area contributed by atoms with Crippen LogP contribution in [0.15, 0.2) is 25.3 Å². The van der Waals surface area contributed by atoms with Crippen molar-refractivity contribution < 1.29 is 33.2 Å². The molecule has 6 aliphatic rings. The van der Waals surface area contributed by atoms with Gasteiger partial charge in [0.15, 0.2) is 47.0 Å². The zero-order valence-corrected chi connectivity index (χ0v) is 32.1. The Balaban J connectivity index is 0.000000143. The Morgan fingerprint density at radius 1 is 0.727 bits per heavy atom. The van der Waals surface area contributed by atoms with Crippen LogP contribution in [0, 0.1) is 0 Å². The fourth-order valence-corrected chi connectivity index (χ4v) is 8.85. The lowest BCUT2D eigenvalue weighted by Gasteiger charge is -2.47. The molecule has 0 radical (unpaired) electrons. The van der Waals surface area contributed by atoms with Crippen molar-refractivity contribution in [1.82, 2.24) is 44.4 Å². The van der Waals surface area contributed by atoms with Crippen molar-refractivity contribution in [3.8, 4) is 0 Å². The second kappa shape index (κ2) is 13.9. The molecule has 10 rings (SSSR count). The molecule has 4 saturated heterocycles. The van der Waals surface area contributed by atoms with E-state index in [9.17, 15) is 4.79 Å². The number of hydrogen-bond donors (Lipinski definition) is 4. The van der Waals surface area contributed by atoms with Crippen molar-refractivity contribution in [2.24, 2.45) is 5.73 Å². The minimum Gasteiger partial charge on any atom is -0.382 e. The Hall–Kier alpha value is -3.95. The van der Waals surface area contributed by atoms with Gasteiger partial charge in [0.25, 0.3) is 0 Å². The fourth-order valence-electron chi connectivity index (χ4n) is 8.85. The standard InChI is InChI=1S/C18H26N6O3.C15H20N6O3.C3H6O/c1-4-5-20-10-6-18(7-10)13-12(25-17(2,3)26-13)16(27-18)24-9-23-11-14(19)21-8-22-15(11)24;1-14(2)22-9-10(23-14)15(3-7(16)4-15)24-13(9)21-6-20-8-11(17)18-5-19-12(8)21;1-2-3-4/h8-10,12-13,16,20H,4-7H2,1-3H3,(H2,19,21,22);5-7,9-10,13H,3-4,16H2,1-2H3,(H2,17,18,19);3H,2H2,1H3/t10?,12-,13+,16-,18?;7?,9-,10+,13-,15?;/m11./s1. The van der Waals surface area contributed by atoms with Gasteiger partial charge >= 0.3 is 0 Å². The van der Waals surface area contributed by atoms with E-state index >= 15 is 0 Å². The fraction of sp³-hybridized carbons (Fsp3) is 0.694. The Morgan fingerprint density at radius 2 is 1.18 bits per heavy atom. The normalized spacial score (nSPS) is 36.1. The molecule has 0 bridgehead atoms. The summed E-state index contributed by atoms with van der Waals surface area (Å²) in [6, 6.07) is 0.586. The average molecular weight is 765 g/mol. The molecule has 4 aromatic heterocycles. The zero-order valence-electron chi connectivity index (χ0n) is 32.1. The molecule has 0 unspecified atom stereocenters. The van der Waals surface area contributed by atoms with Gasteiger partial charge in [0, 0.05) is 18.5 Å². The monoisotopic (exact) mass is 764 g/mol. The quantitative estimate of drug-likeness (QED) is 0.206. The molecular formula is C36H52N12O7. The number of carbonyl (C=O) groups excluding carboxylic acids is 1. The summed E-state index contributed by atoms with van der Waals surface area (Å²) < 4.78 is 41.6. The van der Waals surface area contributed by atoms with Gasteiger partial charge in [-0.25, -0.2) is 29.9 Å². The third-order valence-corrected chi connectivity index (χ3v) is 11.1. The van der Waals surface area contributed by atoms with Crippen LogP contribution in [0.2, 0.25) is 0 Å². The summed E-state index contributed by atoms with van der Waals surface area (Å²) in [4.78, 5) is 34.6. The summed E-state index contributed by atoms with van der Waals surface area (Å²) in [6.07, 6.45) is 10.7. The van der Waals surface area contributed by atoms with Gasteiger partial charge in [0.05, 0.1) is 12.7 Å². The van der Waals surface area contributed by atoms with Crippen LogP contribution < -0.4 is 22.5 Å². The van der Waals surface area contributed by atoms with Crippen LogP contribution in [0.4, 0.5) is 11.6 Å². The van der Waals surface area contributed by atoms with E-state index < -0.39 is 17.2 Å². The molecule has 19 nitrogen and oxygen atoms in total. The van der Waals surface area contributed by atoms with Gasteiger partial charge in [-0.3, -0.25) is 9.13 Å². The Kier molecular flexibility index (Phi) is 9.60. The van der Waals surface area contributed by atoms with Crippen LogP contribution in [0.5, 0.6) is 0 Å².